The zero-order valence-corrected chi connectivity index (χ0v) is 17.8. The number of sulfonamides is 1. The fraction of sp³-hybridized carbons (Fsp3) is 0.455. The molecule has 2 aromatic carbocycles. The molecule has 6 nitrogen and oxygen atoms in total. The van der Waals surface area contributed by atoms with E-state index in [2.05, 4.69) is 17.0 Å². The summed E-state index contributed by atoms with van der Waals surface area (Å²) in [6.07, 6.45) is 3.09. The SMILES string of the molecule is COc1ccc(CN2CCCC3(C2)CN(S(C)(=O)=O)Cc2ccccc2O3)cc1. The molecule has 0 bridgehead atoms. The number of rotatable bonds is 4. The Labute approximate surface area is 173 Å². The Morgan fingerprint density at radius 3 is 2.59 bits per heavy atom. The van der Waals surface area contributed by atoms with Crippen molar-refractivity contribution in [1.82, 2.24) is 9.21 Å². The van der Waals surface area contributed by atoms with E-state index >= 15 is 0 Å². The Kier molecular flexibility index (Phi) is 5.55. The van der Waals surface area contributed by atoms with E-state index in [4.69, 9.17) is 9.47 Å². The summed E-state index contributed by atoms with van der Waals surface area (Å²) in [7, 11) is -1.67. The Bertz CT molecular complexity index is 961. The van der Waals surface area contributed by atoms with Crippen LogP contribution >= 0.6 is 0 Å². The van der Waals surface area contributed by atoms with E-state index in [0.717, 1.165) is 43.0 Å². The zero-order chi connectivity index (χ0) is 20.5. The second-order valence-electron chi connectivity index (χ2n) is 8.09. The van der Waals surface area contributed by atoms with Crippen LogP contribution in [0.1, 0.15) is 24.0 Å². The molecule has 0 amide bonds. The van der Waals surface area contributed by atoms with Crippen LogP contribution in [0, 0.1) is 0 Å². The fourth-order valence-corrected chi connectivity index (χ4v) is 5.17. The number of benzene rings is 2. The first-order valence-corrected chi connectivity index (χ1v) is 11.8. The Balaban J connectivity index is 1.59. The van der Waals surface area contributed by atoms with Gasteiger partial charge in [0.15, 0.2) is 0 Å². The van der Waals surface area contributed by atoms with E-state index in [9.17, 15) is 8.42 Å². The van der Waals surface area contributed by atoms with Crippen LogP contribution in [-0.4, -0.2) is 56.2 Å². The van der Waals surface area contributed by atoms with Crippen LogP contribution in [0.3, 0.4) is 0 Å². The van der Waals surface area contributed by atoms with Gasteiger partial charge in [0.25, 0.3) is 0 Å². The molecule has 1 spiro atoms. The summed E-state index contributed by atoms with van der Waals surface area (Å²) in [6, 6.07) is 15.9. The maximum atomic E-state index is 12.5. The van der Waals surface area contributed by atoms with Gasteiger partial charge in [-0.15, -0.1) is 0 Å². The van der Waals surface area contributed by atoms with Crippen molar-refractivity contribution in [3.63, 3.8) is 0 Å². The molecule has 7 heteroatoms. The lowest BCUT2D eigenvalue weighted by molar-refractivity contribution is -0.0179. The smallest absolute Gasteiger partial charge is 0.211 e. The molecule has 0 radical (unpaired) electrons. The maximum absolute atomic E-state index is 12.5. The number of piperidine rings is 1. The van der Waals surface area contributed by atoms with Crippen molar-refractivity contribution in [2.45, 2.75) is 31.5 Å². The van der Waals surface area contributed by atoms with Gasteiger partial charge in [0.2, 0.25) is 10.0 Å². The van der Waals surface area contributed by atoms with Crippen molar-refractivity contribution >= 4 is 10.0 Å². The summed E-state index contributed by atoms with van der Waals surface area (Å²) >= 11 is 0. The maximum Gasteiger partial charge on any atom is 0.211 e. The molecule has 156 valence electrons. The number of methoxy groups -OCH3 is 1. The van der Waals surface area contributed by atoms with Gasteiger partial charge in [-0.3, -0.25) is 4.90 Å². The summed E-state index contributed by atoms with van der Waals surface area (Å²) in [6.45, 7) is 3.20. The number of nitrogens with zero attached hydrogens (tertiary/aromatic N) is 2. The number of para-hydroxylation sites is 1. The second kappa shape index (κ2) is 7.97. The Morgan fingerprint density at radius 2 is 1.86 bits per heavy atom. The third-order valence-electron chi connectivity index (χ3n) is 5.76. The molecule has 0 aliphatic carbocycles. The molecule has 1 fully saturated rings. The monoisotopic (exact) mass is 416 g/mol. The quantitative estimate of drug-likeness (QED) is 0.767. The molecule has 1 atom stereocenters. The Hall–Kier alpha value is -2.09. The van der Waals surface area contributed by atoms with Crippen molar-refractivity contribution < 1.29 is 17.9 Å². The van der Waals surface area contributed by atoms with Gasteiger partial charge in [0, 0.05) is 25.2 Å². The molecule has 0 saturated carbocycles. The van der Waals surface area contributed by atoms with E-state index in [0.29, 0.717) is 19.6 Å². The van der Waals surface area contributed by atoms with Crippen molar-refractivity contribution in [3.8, 4) is 11.5 Å². The van der Waals surface area contributed by atoms with Crippen molar-refractivity contribution in [2.24, 2.45) is 0 Å². The highest BCUT2D eigenvalue weighted by Gasteiger charge is 2.43. The normalized spacial score (nSPS) is 23.2. The van der Waals surface area contributed by atoms with Crippen LogP contribution in [0.15, 0.2) is 48.5 Å². The number of hydrogen-bond donors (Lipinski definition) is 0. The largest absolute Gasteiger partial charge is 0.497 e. The van der Waals surface area contributed by atoms with E-state index < -0.39 is 15.6 Å². The summed E-state index contributed by atoms with van der Waals surface area (Å²) in [5, 5.41) is 0. The van der Waals surface area contributed by atoms with Crippen LogP contribution < -0.4 is 9.47 Å². The number of fused-ring (bicyclic) bond motifs is 1. The Morgan fingerprint density at radius 1 is 1.10 bits per heavy atom. The highest BCUT2D eigenvalue weighted by atomic mass is 32.2. The topological polar surface area (TPSA) is 59.1 Å². The molecular formula is C22H28N2O4S. The summed E-state index contributed by atoms with van der Waals surface area (Å²) < 4.78 is 38.3. The molecule has 1 unspecified atom stereocenters. The molecule has 2 aromatic rings. The predicted molar refractivity (Wildman–Crippen MR) is 113 cm³/mol. The molecule has 2 aliphatic rings. The van der Waals surface area contributed by atoms with E-state index in [1.54, 1.807) is 11.4 Å². The van der Waals surface area contributed by atoms with Crippen LogP contribution in [0.5, 0.6) is 11.5 Å². The van der Waals surface area contributed by atoms with Gasteiger partial charge in [0.05, 0.1) is 19.9 Å². The highest BCUT2D eigenvalue weighted by molar-refractivity contribution is 7.88. The first kappa shape index (κ1) is 20.2. The summed E-state index contributed by atoms with van der Waals surface area (Å²) in [5.41, 5.74) is 1.58. The van der Waals surface area contributed by atoms with Gasteiger partial charge in [-0.1, -0.05) is 30.3 Å². The number of likely N-dealkylation sites (tertiary alicyclic amines) is 1. The van der Waals surface area contributed by atoms with Crippen molar-refractivity contribution in [3.05, 3.63) is 59.7 Å². The minimum Gasteiger partial charge on any atom is -0.497 e. The van der Waals surface area contributed by atoms with Gasteiger partial charge in [-0.2, -0.15) is 4.31 Å². The predicted octanol–water partition coefficient (Wildman–Crippen LogP) is 2.88. The molecular weight excluding hydrogens is 388 g/mol. The average Bonchev–Trinajstić information content (AvgIpc) is 2.85. The molecule has 0 aromatic heterocycles. The van der Waals surface area contributed by atoms with E-state index in [1.807, 2.05) is 36.4 Å². The third-order valence-corrected chi connectivity index (χ3v) is 6.96. The van der Waals surface area contributed by atoms with Gasteiger partial charge in [0.1, 0.15) is 17.1 Å². The van der Waals surface area contributed by atoms with Crippen LogP contribution in [0.25, 0.3) is 0 Å². The van der Waals surface area contributed by atoms with Gasteiger partial charge in [-0.25, -0.2) is 8.42 Å². The molecule has 29 heavy (non-hydrogen) atoms. The first-order valence-electron chi connectivity index (χ1n) is 9.94. The van der Waals surface area contributed by atoms with Gasteiger partial charge < -0.3 is 9.47 Å². The lowest BCUT2D eigenvalue weighted by atomic mass is 9.92. The molecule has 1 saturated heterocycles. The first-order chi connectivity index (χ1) is 13.9. The summed E-state index contributed by atoms with van der Waals surface area (Å²) in [4.78, 5) is 2.36. The minimum absolute atomic E-state index is 0.356. The minimum atomic E-state index is -3.33. The summed E-state index contributed by atoms with van der Waals surface area (Å²) in [5.74, 6) is 1.64. The average molecular weight is 417 g/mol. The van der Waals surface area contributed by atoms with Crippen LogP contribution in [-0.2, 0) is 23.1 Å². The molecule has 2 heterocycles. The molecule has 0 N–H and O–H groups in total. The lowest BCUT2D eigenvalue weighted by Crippen LogP contribution is -2.57. The lowest BCUT2D eigenvalue weighted by Gasteiger charge is -2.43. The van der Waals surface area contributed by atoms with Crippen LogP contribution in [0.2, 0.25) is 0 Å². The van der Waals surface area contributed by atoms with Gasteiger partial charge in [-0.05, 0) is 43.1 Å². The van der Waals surface area contributed by atoms with Crippen molar-refractivity contribution in [1.29, 1.82) is 0 Å². The van der Waals surface area contributed by atoms with Crippen LogP contribution in [0.4, 0.5) is 0 Å². The number of hydrogen-bond acceptors (Lipinski definition) is 5. The van der Waals surface area contributed by atoms with E-state index in [1.165, 1.54) is 11.8 Å². The fourth-order valence-electron chi connectivity index (χ4n) is 4.33. The van der Waals surface area contributed by atoms with Crippen molar-refractivity contribution in [2.75, 3.05) is 33.0 Å². The van der Waals surface area contributed by atoms with Gasteiger partial charge >= 0.3 is 0 Å². The zero-order valence-electron chi connectivity index (χ0n) is 17.0. The standard InChI is InChI=1S/C22H28N2O4S/c1-27-20-10-8-18(9-11-20)14-23-13-5-12-22(16-23)17-24(29(2,25)26)15-19-6-3-4-7-21(19)28-22/h3-4,6-11H,5,12-17H2,1-2H3. The second-order valence-corrected chi connectivity index (χ2v) is 10.1. The third kappa shape index (κ3) is 4.57. The van der Waals surface area contributed by atoms with E-state index in [-0.39, 0.29) is 0 Å². The molecule has 4 rings (SSSR count). The highest BCUT2D eigenvalue weighted by Crippen LogP contribution is 2.35. The molecule has 2 aliphatic heterocycles. The number of ether oxygens (including phenoxy) is 2.